The first-order chi connectivity index (χ1) is 16.4. The number of carbonyl (C=O) groups is 3. The highest BCUT2D eigenvalue weighted by Gasteiger charge is 2.22. The summed E-state index contributed by atoms with van der Waals surface area (Å²) in [4.78, 5) is 40.6. The maximum absolute atomic E-state index is 12.8. The van der Waals surface area contributed by atoms with Crippen LogP contribution in [0.4, 0.5) is 11.4 Å². The summed E-state index contributed by atoms with van der Waals surface area (Å²) < 4.78 is 4.99. The Morgan fingerprint density at radius 2 is 1.68 bits per heavy atom. The Labute approximate surface area is 199 Å². The zero-order valence-electron chi connectivity index (χ0n) is 19.7. The number of aryl methyl sites for hydroxylation is 1. The van der Waals surface area contributed by atoms with Crippen LogP contribution in [-0.2, 0) is 9.53 Å². The topological polar surface area (TPSA) is 111 Å². The van der Waals surface area contributed by atoms with Crippen LogP contribution in [0, 0.1) is 6.92 Å². The molecule has 1 aliphatic rings. The van der Waals surface area contributed by atoms with Crippen molar-refractivity contribution in [2.24, 2.45) is 0 Å². The second-order valence-electron chi connectivity index (χ2n) is 8.32. The third-order valence-electron chi connectivity index (χ3n) is 5.73. The molecule has 0 bridgehead atoms. The van der Waals surface area contributed by atoms with Gasteiger partial charge in [0.25, 0.3) is 5.91 Å². The van der Waals surface area contributed by atoms with Crippen molar-refractivity contribution < 1.29 is 24.2 Å². The highest BCUT2D eigenvalue weighted by Crippen LogP contribution is 2.29. The van der Waals surface area contributed by atoms with Gasteiger partial charge in [-0.25, -0.2) is 4.79 Å². The van der Waals surface area contributed by atoms with E-state index in [9.17, 15) is 19.5 Å². The SMILES string of the molecule is COCCCNC(=O)CN1CCN(c2ccc(C(=O)O)cc2NC(=O)c2ccc(C)cc2)CC1. The second kappa shape index (κ2) is 12.2. The second-order valence-corrected chi connectivity index (χ2v) is 8.32. The molecule has 1 heterocycles. The van der Waals surface area contributed by atoms with Gasteiger partial charge in [-0.05, 0) is 43.7 Å². The lowest BCUT2D eigenvalue weighted by Crippen LogP contribution is -2.49. The van der Waals surface area contributed by atoms with Gasteiger partial charge in [0.1, 0.15) is 0 Å². The van der Waals surface area contributed by atoms with Crippen LogP contribution in [0.2, 0.25) is 0 Å². The monoisotopic (exact) mass is 468 g/mol. The number of hydrogen-bond donors (Lipinski definition) is 3. The quantitative estimate of drug-likeness (QED) is 0.459. The van der Waals surface area contributed by atoms with Crippen molar-refractivity contribution in [3.63, 3.8) is 0 Å². The molecule has 34 heavy (non-hydrogen) atoms. The first-order valence-electron chi connectivity index (χ1n) is 11.4. The van der Waals surface area contributed by atoms with Gasteiger partial charge in [0.15, 0.2) is 0 Å². The first kappa shape index (κ1) is 25.2. The number of nitrogens with zero attached hydrogens (tertiary/aromatic N) is 2. The highest BCUT2D eigenvalue weighted by atomic mass is 16.5. The fourth-order valence-electron chi connectivity index (χ4n) is 3.79. The van der Waals surface area contributed by atoms with Crippen LogP contribution in [0.3, 0.4) is 0 Å². The summed E-state index contributed by atoms with van der Waals surface area (Å²) in [6.07, 6.45) is 0.777. The molecule has 2 aromatic rings. The number of benzene rings is 2. The van der Waals surface area contributed by atoms with Gasteiger partial charge in [-0.1, -0.05) is 17.7 Å². The fraction of sp³-hybridized carbons (Fsp3) is 0.400. The van der Waals surface area contributed by atoms with Crippen LogP contribution >= 0.6 is 0 Å². The normalized spacial score (nSPS) is 14.0. The lowest BCUT2D eigenvalue weighted by atomic mass is 10.1. The minimum absolute atomic E-state index is 0.0126. The number of amides is 2. The van der Waals surface area contributed by atoms with Crippen molar-refractivity contribution in [1.82, 2.24) is 10.2 Å². The van der Waals surface area contributed by atoms with E-state index in [2.05, 4.69) is 20.4 Å². The van der Waals surface area contributed by atoms with Crippen molar-refractivity contribution in [3.05, 3.63) is 59.2 Å². The van der Waals surface area contributed by atoms with Crippen molar-refractivity contribution in [2.75, 3.05) is 63.2 Å². The van der Waals surface area contributed by atoms with Crippen molar-refractivity contribution in [1.29, 1.82) is 0 Å². The molecule has 2 amide bonds. The summed E-state index contributed by atoms with van der Waals surface area (Å²) in [5.41, 5.74) is 2.86. The van der Waals surface area contributed by atoms with Crippen molar-refractivity contribution >= 4 is 29.2 Å². The average Bonchev–Trinajstić information content (AvgIpc) is 2.83. The van der Waals surface area contributed by atoms with Crippen LogP contribution in [0.15, 0.2) is 42.5 Å². The third kappa shape index (κ3) is 7.03. The number of rotatable bonds is 10. The van der Waals surface area contributed by atoms with Crippen LogP contribution in [0.5, 0.6) is 0 Å². The number of carboxylic acids is 1. The average molecular weight is 469 g/mol. The van der Waals surface area contributed by atoms with Crippen LogP contribution in [-0.4, -0.2) is 80.8 Å². The van der Waals surface area contributed by atoms with E-state index in [-0.39, 0.29) is 17.4 Å². The number of anilines is 2. The van der Waals surface area contributed by atoms with Gasteiger partial charge in [0, 0.05) is 52.0 Å². The molecule has 0 spiro atoms. The van der Waals surface area contributed by atoms with Gasteiger partial charge < -0.3 is 25.4 Å². The zero-order chi connectivity index (χ0) is 24.5. The molecule has 1 fully saturated rings. The molecule has 182 valence electrons. The standard InChI is InChI=1S/C25H32N4O5/c1-18-4-6-19(7-5-18)24(31)27-21-16-20(25(32)33)8-9-22(21)29-13-11-28(12-14-29)17-23(30)26-10-3-15-34-2/h4-9,16H,3,10-15,17H2,1-2H3,(H,26,30)(H,27,31)(H,32,33). The van der Waals surface area contributed by atoms with Gasteiger partial charge >= 0.3 is 5.97 Å². The Kier molecular flexibility index (Phi) is 9.00. The van der Waals surface area contributed by atoms with Gasteiger partial charge in [-0.2, -0.15) is 0 Å². The maximum Gasteiger partial charge on any atom is 0.335 e. The molecule has 1 saturated heterocycles. The minimum Gasteiger partial charge on any atom is -0.478 e. The largest absolute Gasteiger partial charge is 0.478 e. The molecule has 9 nitrogen and oxygen atoms in total. The molecule has 0 unspecified atom stereocenters. The molecule has 3 N–H and O–H groups in total. The molecule has 0 atom stereocenters. The molecule has 0 aromatic heterocycles. The number of ether oxygens (including phenoxy) is 1. The summed E-state index contributed by atoms with van der Waals surface area (Å²) in [5, 5.41) is 15.2. The Balaban J connectivity index is 1.65. The fourth-order valence-corrected chi connectivity index (χ4v) is 3.79. The molecule has 0 aliphatic carbocycles. The summed E-state index contributed by atoms with van der Waals surface area (Å²) in [6, 6.07) is 12.0. The molecule has 2 aromatic carbocycles. The lowest BCUT2D eigenvalue weighted by Gasteiger charge is -2.36. The zero-order valence-corrected chi connectivity index (χ0v) is 19.7. The molecule has 0 saturated carbocycles. The lowest BCUT2D eigenvalue weighted by molar-refractivity contribution is -0.122. The summed E-state index contributed by atoms with van der Waals surface area (Å²) in [7, 11) is 1.63. The molecule has 3 rings (SSSR count). The number of nitrogens with one attached hydrogen (secondary N) is 2. The maximum atomic E-state index is 12.8. The first-order valence-corrected chi connectivity index (χ1v) is 11.4. The van der Waals surface area contributed by atoms with Crippen LogP contribution in [0.25, 0.3) is 0 Å². The molecule has 9 heteroatoms. The van der Waals surface area contributed by atoms with Crippen LogP contribution in [0.1, 0.15) is 32.7 Å². The van der Waals surface area contributed by atoms with E-state index in [1.54, 1.807) is 31.4 Å². The van der Waals surface area contributed by atoms with Crippen LogP contribution < -0.4 is 15.5 Å². The summed E-state index contributed by atoms with van der Waals surface area (Å²) >= 11 is 0. The minimum atomic E-state index is -1.06. The van der Waals surface area contributed by atoms with E-state index in [4.69, 9.17) is 4.74 Å². The van der Waals surface area contributed by atoms with Gasteiger partial charge in [0.2, 0.25) is 5.91 Å². The number of carbonyl (C=O) groups excluding carboxylic acids is 2. The van der Waals surface area contributed by atoms with E-state index in [1.165, 1.54) is 6.07 Å². The number of piperazine rings is 1. The number of aromatic carboxylic acids is 1. The molecular formula is C25H32N4O5. The Morgan fingerprint density at radius 3 is 2.32 bits per heavy atom. The molecular weight excluding hydrogens is 436 g/mol. The van der Waals surface area contributed by atoms with Gasteiger partial charge in [0.05, 0.1) is 23.5 Å². The summed E-state index contributed by atoms with van der Waals surface area (Å²) in [5.74, 6) is -1.37. The van der Waals surface area contributed by atoms with Crippen molar-refractivity contribution in [2.45, 2.75) is 13.3 Å². The smallest absolute Gasteiger partial charge is 0.335 e. The van der Waals surface area contributed by atoms with E-state index >= 15 is 0 Å². The Hall–Kier alpha value is -3.43. The molecule has 0 radical (unpaired) electrons. The number of hydrogen-bond acceptors (Lipinski definition) is 6. The van der Waals surface area contributed by atoms with E-state index in [0.29, 0.717) is 57.1 Å². The number of carboxylic acid groups (broad SMARTS) is 1. The van der Waals surface area contributed by atoms with E-state index in [0.717, 1.165) is 17.7 Å². The van der Waals surface area contributed by atoms with E-state index in [1.807, 2.05) is 19.1 Å². The third-order valence-corrected chi connectivity index (χ3v) is 5.73. The van der Waals surface area contributed by atoms with Crippen molar-refractivity contribution in [3.8, 4) is 0 Å². The number of methoxy groups -OCH3 is 1. The Bertz CT molecular complexity index is 1000. The predicted octanol–water partition coefficient (Wildman–Crippen LogP) is 2.22. The Morgan fingerprint density at radius 1 is 1.00 bits per heavy atom. The predicted molar refractivity (Wildman–Crippen MR) is 131 cm³/mol. The highest BCUT2D eigenvalue weighted by molar-refractivity contribution is 6.06. The molecule has 1 aliphatic heterocycles. The van der Waals surface area contributed by atoms with Gasteiger partial charge in [-0.15, -0.1) is 0 Å². The van der Waals surface area contributed by atoms with E-state index < -0.39 is 5.97 Å². The summed E-state index contributed by atoms with van der Waals surface area (Å²) in [6.45, 7) is 6.13. The van der Waals surface area contributed by atoms with Gasteiger partial charge in [-0.3, -0.25) is 14.5 Å².